The normalized spacial score (nSPS) is 11.7. The molecule has 4 aromatic rings. The molecule has 0 atom stereocenters. The third-order valence-electron chi connectivity index (χ3n) is 4.16. The molecule has 0 bridgehead atoms. The number of hydrogen-bond donors (Lipinski definition) is 2. The van der Waals surface area contributed by atoms with E-state index in [0.29, 0.717) is 22.0 Å². The average molecular weight is 421 g/mol. The third-order valence-corrected chi connectivity index (χ3v) is 5.71. The van der Waals surface area contributed by atoms with Crippen molar-refractivity contribution >= 4 is 38.2 Å². The molecule has 0 fully saturated rings. The van der Waals surface area contributed by atoms with E-state index in [4.69, 9.17) is 16.3 Å². The first-order valence-electron chi connectivity index (χ1n) is 8.06. The molecular weight excluding hydrogens is 407 g/mol. The quantitative estimate of drug-likeness (QED) is 0.511. The Morgan fingerprint density at radius 1 is 1.29 bits per heavy atom. The summed E-state index contributed by atoms with van der Waals surface area (Å²) in [5, 5.41) is 4.70. The average Bonchev–Trinajstić information content (AvgIpc) is 3.30. The molecule has 0 amide bonds. The van der Waals surface area contributed by atoms with Gasteiger partial charge in [0.25, 0.3) is 10.0 Å². The van der Waals surface area contributed by atoms with Crippen molar-refractivity contribution in [1.82, 2.24) is 14.8 Å². The fourth-order valence-electron chi connectivity index (χ4n) is 2.84. The van der Waals surface area contributed by atoms with Crippen LogP contribution in [0.1, 0.15) is 0 Å². The SMILES string of the molecule is COc1ccc(Cl)cc1-n1cc(S(=O)(=O)Nc2c[nH]c3cccc(F)c23)cn1. The van der Waals surface area contributed by atoms with Crippen LogP contribution in [0, 0.1) is 5.82 Å². The molecule has 0 aliphatic carbocycles. The van der Waals surface area contributed by atoms with Crippen molar-refractivity contribution in [2.45, 2.75) is 4.90 Å². The van der Waals surface area contributed by atoms with Crippen LogP contribution >= 0.6 is 11.6 Å². The van der Waals surface area contributed by atoms with E-state index in [9.17, 15) is 12.8 Å². The molecule has 0 spiro atoms. The lowest BCUT2D eigenvalue weighted by Crippen LogP contribution is -2.12. The Bertz CT molecular complexity index is 1280. The van der Waals surface area contributed by atoms with Gasteiger partial charge in [0.15, 0.2) is 0 Å². The maximum Gasteiger partial charge on any atom is 0.265 e. The number of ether oxygens (including phenoxy) is 1. The van der Waals surface area contributed by atoms with Crippen molar-refractivity contribution in [2.24, 2.45) is 0 Å². The van der Waals surface area contributed by atoms with Gasteiger partial charge in [-0.25, -0.2) is 17.5 Å². The van der Waals surface area contributed by atoms with Gasteiger partial charge in [0, 0.05) is 11.2 Å². The minimum atomic E-state index is -4.00. The summed E-state index contributed by atoms with van der Waals surface area (Å²) in [5.41, 5.74) is 1.08. The Hall–Kier alpha value is -3.04. The van der Waals surface area contributed by atoms with E-state index in [1.165, 1.54) is 42.5 Å². The first kappa shape index (κ1) is 18.3. The van der Waals surface area contributed by atoms with E-state index in [-0.39, 0.29) is 16.0 Å². The molecule has 2 N–H and O–H groups in total. The molecule has 144 valence electrons. The Labute approximate surface area is 164 Å². The topological polar surface area (TPSA) is 89.0 Å². The highest BCUT2D eigenvalue weighted by molar-refractivity contribution is 7.92. The molecule has 0 saturated carbocycles. The summed E-state index contributed by atoms with van der Waals surface area (Å²) in [6, 6.07) is 9.36. The number of fused-ring (bicyclic) bond motifs is 1. The number of methoxy groups -OCH3 is 1. The zero-order chi connectivity index (χ0) is 19.9. The zero-order valence-electron chi connectivity index (χ0n) is 14.5. The fraction of sp³-hybridized carbons (Fsp3) is 0.0556. The van der Waals surface area contributed by atoms with E-state index in [2.05, 4.69) is 14.8 Å². The highest BCUT2D eigenvalue weighted by Gasteiger charge is 2.21. The minimum Gasteiger partial charge on any atom is -0.494 e. The van der Waals surface area contributed by atoms with Crippen LogP contribution in [0.15, 0.2) is 59.9 Å². The molecule has 4 rings (SSSR count). The smallest absolute Gasteiger partial charge is 0.265 e. The molecule has 2 aromatic carbocycles. The van der Waals surface area contributed by atoms with Crippen LogP contribution in [0.4, 0.5) is 10.1 Å². The standard InChI is InChI=1S/C18H14ClFN4O3S/c1-27-17-6-5-11(19)7-16(17)24-10-12(8-22-24)28(25,26)23-15-9-21-14-4-2-3-13(20)18(14)15/h2-10,21,23H,1H3. The Morgan fingerprint density at radius 2 is 2.11 bits per heavy atom. The number of sulfonamides is 1. The Balaban J connectivity index is 1.71. The van der Waals surface area contributed by atoms with Crippen molar-refractivity contribution in [3.63, 3.8) is 0 Å². The van der Waals surface area contributed by atoms with Crippen molar-refractivity contribution in [3.05, 3.63) is 65.8 Å². The second-order valence-electron chi connectivity index (χ2n) is 5.91. The monoisotopic (exact) mass is 420 g/mol. The number of benzene rings is 2. The maximum atomic E-state index is 14.1. The molecular formula is C18H14ClFN4O3S. The molecule has 0 radical (unpaired) electrons. The number of halogens is 2. The van der Waals surface area contributed by atoms with E-state index >= 15 is 0 Å². The highest BCUT2D eigenvalue weighted by atomic mass is 35.5. The minimum absolute atomic E-state index is 0.0970. The summed E-state index contributed by atoms with van der Waals surface area (Å²) < 4.78 is 48.6. The van der Waals surface area contributed by atoms with Gasteiger partial charge in [-0.3, -0.25) is 4.72 Å². The summed E-state index contributed by atoms with van der Waals surface area (Å²) in [6.07, 6.45) is 3.91. The van der Waals surface area contributed by atoms with Gasteiger partial charge in [-0.2, -0.15) is 5.10 Å². The number of aromatic amines is 1. The number of nitrogens with zero attached hydrogens (tertiary/aromatic N) is 2. The van der Waals surface area contributed by atoms with Crippen LogP contribution < -0.4 is 9.46 Å². The van der Waals surface area contributed by atoms with Crippen LogP contribution in [0.3, 0.4) is 0 Å². The lowest BCUT2D eigenvalue weighted by molar-refractivity contribution is 0.411. The van der Waals surface area contributed by atoms with Gasteiger partial charge in [-0.15, -0.1) is 0 Å². The third kappa shape index (κ3) is 3.19. The van der Waals surface area contributed by atoms with Gasteiger partial charge in [0.05, 0.1) is 36.1 Å². The van der Waals surface area contributed by atoms with Crippen molar-refractivity contribution < 1.29 is 17.5 Å². The number of H-pyrrole nitrogens is 1. The molecule has 28 heavy (non-hydrogen) atoms. The molecule has 2 aromatic heterocycles. The second kappa shape index (κ2) is 6.84. The highest BCUT2D eigenvalue weighted by Crippen LogP contribution is 2.29. The Morgan fingerprint density at radius 3 is 2.89 bits per heavy atom. The summed E-state index contributed by atoms with van der Waals surface area (Å²) >= 11 is 6.02. The zero-order valence-corrected chi connectivity index (χ0v) is 16.1. The number of nitrogens with one attached hydrogen (secondary N) is 2. The number of aromatic nitrogens is 3. The van der Waals surface area contributed by atoms with Gasteiger partial charge in [-0.1, -0.05) is 17.7 Å². The molecule has 7 nitrogen and oxygen atoms in total. The van der Waals surface area contributed by atoms with Gasteiger partial charge >= 0.3 is 0 Å². The molecule has 0 unspecified atom stereocenters. The number of rotatable bonds is 5. The van der Waals surface area contributed by atoms with Crippen molar-refractivity contribution in [1.29, 1.82) is 0 Å². The number of hydrogen-bond acceptors (Lipinski definition) is 4. The van der Waals surface area contributed by atoms with Crippen LogP contribution in [0.25, 0.3) is 16.6 Å². The van der Waals surface area contributed by atoms with E-state index in [1.807, 2.05) is 0 Å². The first-order valence-corrected chi connectivity index (χ1v) is 9.92. The van der Waals surface area contributed by atoms with Gasteiger partial charge in [0.2, 0.25) is 0 Å². The van der Waals surface area contributed by atoms with E-state index in [1.54, 1.807) is 24.3 Å². The summed E-state index contributed by atoms with van der Waals surface area (Å²) in [7, 11) is -2.52. The molecule has 0 aliphatic heterocycles. The molecule has 0 aliphatic rings. The van der Waals surface area contributed by atoms with Gasteiger partial charge in [-0.05, 0) is 30.3 Å². The maximum absolute atomic E-state index is 14.1. The van der Waals surface area contributed by atoms with E-state index in [0.717, 1.165) is 0 Å². The van der Waals surface area contributed by atoms with Crippen LogP contribution in [0.5, 0.6) is 5.75 Å². The van der Waals surface area contributed by atoms with Gasteiger partial charge in [0.1, 0.15) is 22.1 Å². The summed E-state index contributed by atoms with van der Waals surface area (Å²) in [6.45, 7) is 0. The molecule has 2 heterocycles. The predicted octanol–water partition coefficient (Wildman–Crippen LogP) is 3.96. The Kier molecular flexibility index (Phi) is 4.48. The fourth-order valence-corrected chi connectivity index (χ4v) is 4.00. The lowest BCUT2D eigenvalue weighted by atomic mass is 10.2. The summed E-state index contributed by atoms with van der Waals surface area (Å²) in [4.78, 5) is 2.74. The predicted molar refractivity (Wildman–Crippen MR) is 104 cm³/mol. The molecule has 10 heteroatoms. The van der Waals surface area contributed by atoms with Crippen molar-refractivity contribution in [2.75, 3.05) is 11.8 Å². The molecule has 0 saturated heterocycles. The second-order valence-corrected chi connectivity index (χ2v) is 8.03. The van der Waals surface area contributed by atoms with E-state index < -0.39 is 15.8 Å². The number of anilines is 1. The van der Waals surface area contributed by atoms with Crippen molar-refractivity contribution in [3.8, 4) is 11.4 Å². The van der Waals surface area contributed by atoms with Crippen LogP contribution in [0.2, 0.25) is 5.02 Å². The largest absolute Gasteiger partial charge is 0.494 e. The van der Waals surface area contributed by atoms with Crippen LogP contribution in [-0.4, -0.2) is 30.3 Å². The van der Waals surface area contributed by atoms with Gasteiger partial charge < -0.3 is 9.72 Å². The first-order chi connectivity index (χ1) is 13.4. The lowest BCUT2D eigenvalue weighted by Gasteiger charge is -2.08. The summed E-state index contributed by atoms with van der Waals surface area (Å²) in [5.74, 6) is -0.0566. The van der Waals surface area contributed by atoms with Crippen LogP contribution in [-0.2, 0) is 10.0 Å².